The Labute approximate surface area is 245 Å². The normalized spacial score (nSPS) is 11.2. The van der Waals surface area contributed by atoms with Gasteiger partial charge in [0.25, 0.3) is 0 Å². The van der Waals surface area contributed by atoms with Crippen LogP contribution in [0.5, 0.6) is 11.5 Å². The van der Waals surface area contributed by atoms with E-state index in [4.69, 9.17) is 9.47 Å². The zero-order chi connectivity index (χ0) is 28.5. The number of hydrogen-bond donors (Lipinski definition) is 0. The van der Waals surface area contributed by atoms with Crippen LogP contribution in [0.15, 0.2) is 54.6 Å². The first kappa shape index (κ1) is 33.7. The van der Waals surface area contributed by atoms with Gasteiger partial charge in [0.05, 0.1) is 13.2 Å². The van der Waals surface area contributed by atoms with Gasteiger partial charge in [-0.25, -0.2) is 0 Å². The average molecular weight is 549 g/mol. The fraction of sp³-hybridized carbons (Fsp3) is 0.595. The topological polar surface area (TPSA) is 35.5 Å². The van der Waals surface area contributed by atoms with Gasteiger partial charge in [-0.05, 0) is 60.9 Å². The molecule has 0 atom stereocenters. The number of allylic oxidation sites excluding steroid dienone is 1. The van der Waals surface area contributed by atoms with E-state index < -0.39 is 0 Å². The van der Waals surface area contributed by atoms with Crippen molar-refractivity contribution in [3.05, 3.63) is 65.7 Å². The second-order valence-corrected chi connectivity index (χ2v) is 11.1. The van der Waals surface area contributed by atoms with Gasteiger partial charge in [0.15, 0.2) is 5.78 Å². The predicted octanol–water partition coefficient (Wildman–Crippen LogP) is 11.4. The number of carbonyl (C=O) groups excluding carboxylic acids is 1. The zero-order valence-corrected chi connectivity index (χ0v) is 25.6. The Hall–Kier alpha value is -2.55. The molecule has 0 aliphatic heterocycles. The maximum absolute atomic E-state index is 12.5. The molecule has 0 amide bonds. The molecule has 0 aromatic heterocycles. The zero-order valence-electron chi connectivity index (χ0n) is 25.6. The SMILES string of the molecule is CCCCCCCCCCCCCCCCCCOc1ccc(C=CC(=O)c2ccc(OCCCC)cc2)cc1. The average Bonchev–Trinajstić information content (AvgIpc) is 2.98. The largest absolute Gasteiger partial charge is 0.494 e. The van der Waals surface area contributed by atoms with Crippen molar-refractivity contribution in [3.63, 3.8) is 0 Å². The van der Waals surface area contributed by atoms with Crippen molar-refractivity contribution in [3.8, 4) is 11.5 Å². The molecule has 0 aliphatic rings. The lowest BCUT2D eigenvalue weighted by Gasteiger charge is -2.07. The summed E-state index contributed by atoms with van der Waals surface area (Å²) in [5, 5.41) is 0. The third-order valence-corrected chi connectivity index (χ3v) is 7.48. The van der Waals surface area contributed by atoms with Gasteiger partial charge in [0, 0.05) is 5.56 Å². The molecule has 0 saturated heterocycles. The molecule has 2 rings (SSSR count). The van der Waals surface area contributed by atoms with E-state index in [1.165, 1.54) is 96.3 Å². The summed E-state index contributed by atoms with van der Waals surface area (Å²) in [6.45, 7) is 5.91. The first-order valence-corrected chi connectivity index (χ1v) is 16.4. The molecule has 0 aliphatic carbocycles. The van der Waals surface area contributed by atoms with E-state index in [0.29, 0.717) is 12.2 Å². The fourth-order valence-corrected chi connectivity index (χ4v) is 4.83. The molecule has 2 aromatic carbocycles. The molecule has 0 saturated carbocycles. The van der Waals surface area contributed by atoms with Crippen molar-refractivity contribution in [1.82, 2.24) is 0 Å². The van der Waals surface area contributed by atoms with Crippen molar-refractivity contribution in [2.24, 2.45) is 0 Å². The number of carbonyl (C=O) groups is 1. The lowest BCUT2D eigenvalue weighted by Crippen LogP contribution is -1.98. The number of rotatable bonds is 25. The summed E-state index contributed by atoms with van der Waals surface area (Å²) >= 11 is 0. The van der Waals surface area contributed by atoms with Gasteiger partial charge < -0.3 is 9.47 Å². The molecule has 0 bridgehead atoms. The van der Waals surface area contributed by atoms with E-state index in [1.54, 1.807) is 6.08 Å². The molecule has 40 heavy (non-hydrogen) atoms. The molecule has 2 aromatic rings. The van der Waals surface area contributed by atoms with Crippen LogP contribution in [-0.4, -0.2) is 19.0 Å². The lowest BCUT2D eigenvalue weighted by molar-refractivity contribution is 0.104. The van der Waals surface area contributed by atoms with E-state index in [-0.39, 0.29) is 5.78 Å². The minimum absolute atomic E-state index is 0.0102. The van der Waals surface area contributed by atoms with Crippen molar-refractivity contribution in [2.75, 3.05) is 13.2 Å². The van der Waals surface area contributed by atoms with Crippen molar-refractivity contribution >= 4 is 11.9 Å². The highest BCUT2D eigenvalue weighted by molar-refractivity contribution is 6.06. The second-order valence-electron chi connectivity index (χ2n) is 11.1. The van der Waals surface area contributed by atoms with Gasteiger partial charge in [-0.1, -0.05) is 135 Å². The summed E-state index contributed by atoms with van der Waals surface area (Å²) in [5.41, 5.74) is 1.65. The Bertz CT molecular complexity index is 898. The van der Waals surface area contributed by atoms with Crippen LogP contribution in [-0.2, 0) is 0 Å². The second kappa shape index (κ2) is 23.2. The number of benzene rings is 2. The minimum atomic E-state index is -0.0102. The van der Waals surface area contributed by atoms with Crippen LogP contribution in [0.25, 0.3) is 6.08 Å². The van der Waals surface area contributed by atoms with Gasteiger partial charge in [0.1, 0.15) is 11.5 Å². The summed E-state index contributed by atoms with van der Waals surface area (Å²) in [5.74, 6) is 1.69. The number of ether oxygens (including phenoxy) is 2. The van der Waals surface area contributed by atoms with Crippen LogP contribution >= 0.6 is 0 Å². The Morgan fingerprint density at radius 3 is 1.40 bits per heavy atom. The predicted molar refractivity (Wildman–Crippen MR) is 172 cm³/mol. The monoisotopic (exact) mass is 548 g/mol. The maximum atomic E-state index is 12.5. The molecule has 3 heteroatoms. The minimum Gasteiger partial charge on any atom is -0.494 e. The molecule has 0 N–H and O–H groups in total. The van der Waals surface area contributed by atoms with Crippen LogP contribution in [0.4, 0.5) is 0 Å². The lowest BCUT2D eigenvalue weighted by atomic mass is 10.0. The van der Waals surface area contributed by atoms with Crippen LogP contribution in [0.3, 0.4) is 0 Å². The molecule has 0 heterocycles. The molecular formula is C37H56O3. The molecule has 0 spiro atoms. The molecular weight excluding hydrogens is 492 g/mol. The molecule has 0 fully saturated rings. The summed E-state index contributed by atoms with van der Waals surface area (Å²) in [6.07, 6.45) is 27.7. The summed E-state index contributed by atoms with van der Waals surface area (Å²) < 4.78 is 11.6. The third-order valence-electron chi connectivity index (χ3n) is 7.48. The van der Waals surface area contributed by atoms with Crippen molar-refractivity contribution in [2.45, 2.75) is 129 Å². The first-order chi connectivity index (χ1) is 19.7. The summed E-state index contributed by atoms with van der Waals surface area (Å²) in [7, 11) is 0. The van der Waals surface area contributed by atoms with Crippen molar-refractivity contribution in [1.29, 1.82) is 0 Å². The van der Waals surface area contributed by atoms with Gasteiger partial charge in [-0.15, -0.1) is 0 Å². The Balaban J connectivity index is 1.46. The summed E-state index contributed by atoms with van der Waals surface area (Å²) in [4.78, 5) is 12.5. The first-order valence-electron chi connectivity index (χ1n) is 16.4. The van der Waals surface area contributed by atoms with E-state index in [2.05, 4.69) is 13.8 Å². The number of unbranched alkanes of at least 4 members (excludes halogenated alkanes) is 16. The highest BCUT2D eigenvalue weighted by atomic mass is 16.5. The molecule has 0 unspecified atom stereocenters. The van der Waals surface area contributed by atoms with E-state index >= 15 is 0 Å². The maximum Gasteiger partial charge on any atom is 0.185 e. The van der Waals surface area contributed by atoms with E-state index in [9.17, 15) is 4.79 Å². The van der Waals surface area contributed by atoms with Crippen LogP contribution in [0.1, 0.15) is 145 Å². The quantitative estimate of drug-likeness (QED) is 0.0703. The van der Waals surface area contributed by atoms with Gasteiger partial charge in [-0.2, -0.15) is 0 Å². The Kier molecular flexibility index (Phi) is 19.5. The Morgan fingerprint density at radius 1 is 0.525 bits per heavy atom. The van der Waals surface area contributed by atoms with Gasteiger partial charge in [0.2, 0.25) is 0 Å². The standard InChI is InChI=1S/C37H56O3/c1-3-5-7-8-9-10-11-12-13-14-15-16-17-18-19-20-32-40-35-26-21-33(22-27-35)23-30-37(38)34-24-28-36(29-25-34)39-31-6-4-2/h21-30H,3-20,31-32H2,1-2H3. The fourth-order valence-electron chi connectivity index (χ4n) is 4.83. The molecule has 0 radical (unpaired) electrons. The van der Waals surface area contributed by atoms with Crippen LogP contribution in [0.2, 0.25) is 0 Å². The van der Waals surface area contributed by atoms with Gasteiger partial charge in [-0.3, -0.25) is 4.79 Å². The molecule has 3 nitrogen and oxygen atoms in total. The Morgan fingerprint density at radius 2 is 0.925 bits per heavy atom. The summed E-state index contributed by atoms with van der Waals surface area (Å²) in [6, 6.07) is 15.3. The van der Waals surface area contributed by atoms with Gasteiger partial charge >= 0.3 is 0 Å². The highest BCUT2D eigenvalue weighted by Gasteiger charge is 2.03. The van der Waals surface area contributed by atoms with E-state index in [1.807, 2.05) is 54.6 Å². The van der Waals surface area contributed by atoms with Crippen LogP contribution < -0.4 is 9.47 Å². The van der Waals surface area contributed by atoms with Crippen molar-refractivity contribution < 1.29 is 14.3 Å². The smallest absolute Gasteiger partial charge is 0.185 e. The van der Waals surface area contributed by atoms with E-state index in [0.717, 1.165) is 42.9 Å². The third kappa shape index (κ3) is 16.5. The van der Waals surface area contributed by atoms with Crippen LogP contribution in [0, 0.1) is 0 Å². The molecule has 222 valence electrons. The number of hydrogen-bond acceptors (Lipinski definition) is 3. The number of ketones is 1. The highest BCUT2D eigenvalue weighted by Crippen LogP contribution is 2.17.